The number of halogens is 1. The number of thiazole rings is 1. The molecule has 26 heavy (non-hydrogen) atoms. The van der Waals surface area contributed by atoms with E-state index in [2.05, 4.69) is 4.98 Å². The summed E-state index contributed by atoms with van der Waals surface area (Å²) in [6.45, 7) is 2.40. The summed E-state index contributed by atoms with van der Waals surface area (Å²) in [4.78, 5) is 15.8. The minimum atomic E-state index is -0.963. The average Bonchev–Trinajstić information content (AvgIpc) is 3.02. The maximum absolute atomic E-state index is 11.2. The molecule has 5 nitrogen and oxygen atoms in total. The van der Waals surface area contributed by atoms with Crippen molar-refractivity contribution in [1.29, 1.82) is 0 Å². The lowest BCUT2D eigenvalue weighted by Gasteiger charge is -2.10. The van der Waals surface area contributed by atoms with E-state index < -0.39 is 5.97 Å². The zero-order valence-electron chi connectivity index (χ0n) is 13.9. The van der Waals surface area contributed by atoms with E-state index >= 15 is 0 Å². The van der Waals surface area contributed by atoms with Crippen molar-refractivity contribution in [2.75, 3.05) is 13.2 Å². The lowest BCUT2D eigenvalue weighted by atomic mass is 10.2. The largest absolute Gasteiger partial charge is 0.490 e. The molecular weight excluding hydrogens is 374 g/mol. The lowest BCUT2D eigenvalue weighted by Crippen LogP contribution is -2.09. The third-order valence-corrected chi connectivity index (χ3v) is 5.02. The van der Waals surface area contributed by atoms with Gasteiger partial charge in [0.15, 0.2) is 0 Å². The number of rotatable bonds is 7. The highest BCUT2D eigenvalue weighted by Gasteiger charge is 2.15. The molecule has 0 aliphatic carbocycles. The highest BCUT2D eigenvalue weighted by molar-refractivity contribution is 7.17. The van der Waals surface area contributed by atoms with Gasteiger partial charge >= 0.3 is 5.97 Å². The molecule has 0 saturated carbocycles. The minimum Gasteiger partial charge on any atom is -0.490 e. The monoisotopic (exact) mass is 389 g/mol. The van der Waals surface area contributed by atoms with Gasteiger partial charge in [0.1, 0.15) is 34.6 Å². The molecule has 134 valence electrons. The standard InChI is InChI=1S/C19H16ClNO4S/c1-12-17(19(22)23)26-18(21-12)13-5-4-6-14(11-13)24-9-10-25-16-8-3-2-7-15(16)20/h2-8,11H,9-10H2,1H3,(H,22,23). The number of aryl methyl sites for hydroxylation is 1. The van der Waals surface area contributed by atoms with E-state index in [1.54, 1.807) is 19.1 Å². The Morgan fingerprint density at radius 1 is 1.15 bits per heavy atom. The van der Waals surface area contributed by atoms with Crippen LogP contribution < -0.4 is 9.47 Å². The fourth-order valence-corrected chi connectivity index (χ4v) is 3.40. The molecule has 3 aromatic rings. The molecule has 0 unspecified atom stereocenters. The Balaban J connectivity index is 1.62. The highest BCUT2D eigenvalue weighted by Crippen LogP contribution is 2.30. The first-order chi connectivity index (χ1) is 12.5. The Labute approximate surface area is 159 Å². The molecule has 7 heteroatoms. The Kier molecular flexibility index (Phi) is 5.75. The van der Waals surface area contributed by atoms with Crippen molar-refractivity contribution in [3.8, 4) is 22.1 Å². The maximum atomic E-state index is 11.2. The van der Waals surface area contributed by atoms with E-state index in [1.807, 2.05) is 36.4 Å². The number of ether oxygens (including phenoxy) is 2. The van der Waals surface area contributed by atoms with Crippen molar-refractivity contribution in [3.63, 3.8) is 0 Å². The van der Waals surface area contributed by atoms with Gasteiger partial charge in [-0.2, -0.15) is 0 Å². The summed E-state index contributed by atoms with van der Waals surface area (Å²) in [5.41, 5.74) is 1.33. The highest BCUT2D eigenvalue weighted by atomic mass is 35.5. The van der Waals surface area contributed by atoms with Gasteiger partial charge < -0.3 is 14.6 Å². The Bertz CT molecular complexity index is 925. The van der Waals surface area contributed by atoms with Gasteiger partial charge in [0.05, 0.1) is 10.7 Å². The summed E-state index contributed by atoms with van der Waals surface area (Å²) in [5, 5.41) is 10.4. The van der Waals surface area contributed by atoms with Crippen LogP contribution >= 0.6 is 22.9 Å². The van der Waals surface area contributed by atoms with E-state index in [0.29, 0.717) is 40.4 Å². The van der Waals surface area contributed by atoms with Crippen molar-refractivity contribution in [3.05, 3.63) is 64.1 Å². The van der Waals surface area contributed by atoms with E-state index in [-0.39, 0.29) is 4.88 Å². The lowest BCUT2D eigenvalue weighted by molar-refractivity contribution is 0.0701. The van der Waals surface area contributed by atoms with E-state index in [9.17, 15) is 4.79 Å². The number of hydrogen-bond donors (Lipinski definition) is 1. The third-order valence-electron chi connectivity index (χ3n) is 3.52. The summed E-state index contributed by atoms with van der Waals surface area (Å²) in [6.07, 6.45) is 0. The second-order valence-electron chi connectivity index (χ2n) is 5.39. The van der Waals surface area contributed by atoms with Crippen molar-refractivity contribution in [1.82, 2.24) is 4.98 Å². The Morgan fingerprint density at radius 2 is 1.92 bits per heavy atom. The van der Waals surface area contributed by atoms with Crippen LogP contribution in [-0.4, -0.2) is 29.3 Å². The van der Waals surface area contributed by atoms with Gasteiger partial charge in [-0.1, -0.05) is 35.9 Å². The number of hydrogen-bond acceptors (Lipinski definition) is 5. The summed E-state index contributed by atoms with van der Waals surface area (Å²) >= 11 is 7.18. The van der Waals surface area contributed by atoms with Gasteiger partial charge in [-0.05, 0) is 31.2 Å². The molecule has 0 aliphatic rings. The normalized spacial score (nSPS) is 10.5. The predicted octanol–water partition coefficient (Wildman–Crippen LogP) is 4.93. The third kappa shape index (κ3) is 4.33. The van der Waals surface area contributed by atoms with Crippen LogP contribution in [0.2, 0.25) is 5.02 Å². The maximum Gasteiger partial charge on any atom is 0.347 e. The molecule has 3 rings (SSSR count). The molecule has 0 amide bonds. The molecule has 0 saturated heterocycles. The van der Waals surface area contributed by atoms with Crippen LogP contribution in [0, 0.1) is 6.92 Å². The predicted molar refractivity (Wildman–Crippen MR) is 102 cm³/mol. The fraction of sp³-hybridized carbons (Fsp3) is 0.158. The molecule has 0 aliphatic heterocycles. The summed E-state index contributed by atoms with van der Waals surface area (Å²) in [6, 6.07) is 14.6. The van der Waals surface area contributed by atoms with E-state index in [1.165, 1.54) is 0 Å². The van der Waals surface area contributed by atoms with Crippen LogP contribution in [0.1, 0.15) is 15.4 Å². The van der Waals surface area contributed by atoms with Crippen LogP contribution in [0.25, 0.3) is 10.6 Å². The number of para-hydroxylation sites is 1. The van der Waals surface area contributed by atoms with Crippen molar-refractivity contribution in [2.45, 2.75) is 6.92 Å². The number of aromatic carboxylic acids is 1. The molecule has 0 atom stereocenters. The quantitative estimate of drug-likeness (QED) is 0.580. The van der Waals surface area contributed by atoms with Gasteiger partial charge in [0.2, 0.25) is 0 Å². The molecule has 0 bridgehead atoms. The Morgan fingerprint density at radius 3 is 2.65 bits per heavy atom. The van der Waals surface area contributed by atoms with E-state index in [4.69, 9.17) is 26.2 Å². The van der Waals surface area contributed by atoms with Crippen LogP contribution in [-0.2, 0) is 0 Å². The number of benzene rings is 2. The molecule has 0 spiro atoms. The summed E-state index contributed by atoms with van der Waals surface area (Å²) in [5.74, 6) is 0.316. The number of carboxylic acids is 1. The topological polar surface area (TPSA) is 68.7 Å². The number of aromatic nitrogens is 1. The Hall–Kier alpha value is -2.57. The molecule has 0 radical (unpaired) electrons. The summed E-state index contributed by atoms with van der Waals surface area (Å²) in [7, 11) is 0. The number of nitrogens with zero attached hydrogens (tertiary/aromatic N) is 1. The molecule has 1 heterocycles. The average molecular weight is 390 g/mol. The molecule has 2 aromatic carbocycles. The van der Waals surface area contributed by atoms with Crippen LogP contribution in [0.5, 0.6) is 11.5 Å². The van der Waals surface area contributed by atoms with Gasteiger partial charge in [0.25, 0.3) is 0 Å². The molecular formula is C19H16ClNO4S. The van der Waals surface area contributed by atoms with Gasteiger partial charge in [-0.25, -0.2) is 9.78 Å². The van der Waals surface area contributed by atoms with Crippen LogP contribution in [0.15, 0.2) is 48.5 Å². The molecule has 1 aromatic heterocycles. The molecule has 1 N–H and O–H groups in total. The zero-order valence-corrected chi connectivity index (χ0v) is 15.5. The van der Waals surface area contributed by atoms with Crippen molar-refractivity contribution in [2.24, 2.45) is 0 Å². The summed E-state index contributed by atoms with van der Waals surface area (Å²) < 4.78 is 11.3. The molecule has 0 fully saturated rings. The number of carbonyl (C=O) groups is 1. The number of carboxylic acid groups (broad SMARTS) is 1. The smallest absolute Gasteiger partial charge is 0.347 e. The van der Waals surface area contributed by atoms with Crippen LogP contribution in [0.4, 0.5) is 0 Å². The van der Waals surface area contributed by atoms with E-state index in [0.717, 1.165) is 16.9 Å². The first kappa shape index (κ1) is 18.2. The second kappa shape index (κ2) is 8.21. The minimum absolute atomic E-state index is 0.250. The fourth-order valence-electron chi connectivity index (χ4n) is 2.31. The SMILES string of the molecule is Cc1nc(-c2cccc(OCCOc3ccccc3Cl)c2)sc1C(=O)O. The first-order valence-corrected chi connectivity index (χ1v) is 9.05. The van der Waals surface area contributed by atoms with Gasteiger partial charge in [-0.15, -0.1) is 11.3 Å². The van der Waals surface area contributed by atoms with Crippen molar-refractivity contribution >= 4 is 28.9 Å². The first-order valence-electron chi connectivity index (χ1n) is 7.86. The van der Waals surface area contributed by atoms with Crippen LogP contribution in [0.3, 0.4) is 0 Å². The van der Waals surface area contributed by atoms with Gasteiger partial charge in [-0.3, -0.25) is 0 Å². The van der Waals surface area contributed by atoms with Gasteiger partial charge in [0, 0.05) is 5.56 Å². The zero-order chi connectivity index (χ0) is 18.5. The van der Waals surface area contributed by atoms with Crippen molar-refractivity contribution < 1.29 is 19.4 Å². The second-order valence-corrected chi connectivity index (χ2v) is 6.80.